The second kappa shape index (κ2) is 12.9. The van der Waals surface area contributed by atoms with E-state index in [1.54, 1.807) is 0 Å². The molecule has 7 aromatic carbocycles. The number of nitrogens with zero attached hydrogens (tertiary/aromatic N) is 3. The molecular weight excluding hydrogens is 723 g/mol. The minimum Gasteiger partial charge on any atom is -0.456 e. The van der Waals surface area contributed by atoms with E-state index in [1.807, 2.05) is 18.3 Å². The summed E-state index contributed by atoms with van der Waals surface area (Å²) in [4.78, 5) is 4.89. The number of allylic oxidation sites excluding steroid dienone is 4. The summed E-state index contributed by atoms with van der Waals surface area (Å²) in [6.07, 6.45) is 10.9. The van der Waals surface area contributed by atoms with Crippen LogP contribution in [-0.2, 0) is 0 Å². The number of aromatic nitrogens is 3. The first kappa shape index (κ1) is 33.0. The highest BCUT2D eigenvalue weighted by atomic mass is 28.3. The van der Waals surface area contributed by atoms with Crippen LogP contribution in [0.25, 0.3) is 77.1 Å². The molecular formula is C53H37N3OSi. The number of benzene rings is 7. The summed E-state index contributed by atoms with van der Waals surface area (Å²) in [5, 5.41) is 12.7. The van der Waals surface area contributed by atoms with Crippen molar-refractivity contribution in [1.29, 1.82) is 0 Å². The van der Waals surface area contributed by atoms with Gasteiger partial charge in [-0.1, -0.05) is 133 Å². The van der Waals surface area contributed by atoms with Crippen LogP contribution in [0.15, 0.2) is 210 Å². The third kappa shape index (κ3) is 4.77. The van der Waals surface area contributed by atoms with E-state index in [9.17, 15) is 0 Å². The van der Waals surface area contributed by atoms with Gasteiger partial charge in [-0.2, -0.15) is 0 Å². The Bertz CT molecular complexity index is 3410. The maximum absolute atomic E-state index is 6.48. The quantitative estimate of drug-likeness (QED) is 0.125. The Morgan fingerprint density at radius 1 is 0.466 bits per heavy atom. The first-order valence-corrected chi connectivity index (χ1v) is 22.1. The van der Waals surface area contributed by atoms with E-state index in [0.29, 0.717) is 0 Å². The van der Waals surface area contributed by atoms with Gasteiger partial charge in [-0.05, 0) is 89.1 Å². The van der Waals surface area contributed by atoms with Crippen molar-refractivity contribution < 1.29 is 4.42 Å². The SMILES string of the molecule is C1=CCCC([Si](c2ccccc2)(c2ccc(-n3c4ccccc4c4cccnc43)cc2)c2cccc(-n3c4ccccc4c4cc5c(cc43)oc3ccccc35)c2)=C1. The van der Waals surface area contributed by atoms with Gasteiger partial charge in [0.15, 0.2) is 8.07 Å². The molecule has 4 heterocycles. The van der Waals surface area contributed by atoms with Gasteiger partial charge in [-0.25, -0.2) is 4.98 Å². The van der Waals surface area contributed by atoms with Crippen molar-refractivity contribution in [2.45, 2.75) is 12.8 Å². The summed E-state index contributed by atoms with van der Waals surface area (Å²) in [5.41, 5.74) is 8.53. The van der Waals surface area contributed by atoms with E-state index in [-0.39, 0.29) is 0 Å². The summed E-state index contributed by atoms with van der Waals surface area (Å²) >= 11 is 0. The molecule has 0 aliphatic heterocycles. The van der Waals surface area contributed by atoms with Gasteiger partial charge in [-0.15, -0.1) is 0 Å². The Balaban J connectivity index is 1.10. The third-order valence-electron chi connectivity index (χ3n) is 12.4. The van der Waals surface area contributed by atoms with Gasteiger partial charge in [0.05, 0.1) is 16.6 Å². The lowest BCUT2D eigenvalue weighted by molar-refractivity contribution is 0.669. The molecule has 0 fully saturated rings. The summed E-state index contributed by atoms with van der Waals surface area (Å²) < 4.78 is 11.2. The Kier molecular flexibility index (Phi) is 7.34. The Morgan fingerprint density at radius 3 is 1.97 bits per heavy atom. The van der Waals surface area contributed by atoms with Crippen molar-refractivity contribution in [3.05, 3.63) is 206 Å². The molecule has 1 atom stereocenters. The number of para-hydroxylation sites is 3. The van der Waals surface area contributed by atoms with Crippen LogP contribution >= 0.6 is 0 Å². The molecule has 0 radical (unpaired) electrons. The lowest BCUT2D eigenvalue weighted by Gasteiger charge is -2.37. The van der Waals surface area contributed by atoms with E-state index < -0.39 is 8.07 Å². The molecule has 58 heavy (non-hydrogen) atoms. The fraction of sp³-hybridized carbons (Fsp3) is 0.0377. The molecule has 11 aromatic rings. The van der Waals surface area contributed by atoms with Crippen LogP contribution in [-0.4, -0.2) is 22.2 Å². The highest BCUT2D eigenvalue weighted by molar-refractivity contribution is 7.16. The predicted molar refractivity (Wildman–Crippen MR) is 244 cm³/mol. The Labute approximate surface area is 336 Å². The van der Waals surface area contributed by atoms with Crippen LogP contribution in [0.1, 0.15) is 12.8 Å². The van der Waals surface area contributed by atoms with E-state index in [4.69, 9.17) is 9.40 Å². The molecule has 12 rings (SSSR count). The molecule has 0 saturated carbocycles. The minimum absolute atomic E-state index is 0.902. The molecule has 4 aromatic heterocycles. The standard InChI is InChI=1S/C53H37N3OSi/c1-3-16-38(17-4-1)58(39-18-5-2-6-19-39,40-30-28-36(29-31-40)56-49-26-11-7-21-42(49)45-24-14-32-54-53(45)56)41-20-13-15-37(33-41)55-48-25-10-8-22-43(48)46-34-47-44-23-9-12-27-51(44)57-52(47)35-50(46)55/h1-5,7-18,20-35H,6,19H2. The molecule has 0 spiro atoms. The molecule has 4 nitrogen and oxygen atoms in total. The average Bonchev–Trinajstić information content (AvgIpc) is 3.94. The van der Waals surface area contributed by atoms with E-state index in [2.05, 4.69) is 191 Å². The number of rotatable bonds is 6. The lowest BCUT2D eigenvalue weighted by Crippen LogP contribution is -2.68. The second-order valence-corrected chi connectivity index (χ2v) is 19.3. The summed E-state index contributed by atoms with van der Waals surface area (Å²) in [6, 6.07) is 64.7. The molecule has 0 bridgehead atoms. The van der Waals surface area contributed by atoms with E-state index in [0.717, 1.165) is 68.2 Å². The number of hydrogen-bond acceptors (Lipinski definition) is 2. The van der Waals surface area contributed by atoms with Crippen LogP contribution in [0.4, 0.5) is 0 Å². The second-order valence-electron chi connectivity index (χ2n) is 15.4. The van der Waals surface area contributed by atoms with Gasteiger partial charge in [0, 0.05) is 56.0 Å². The van der Waals surface area contributed by atoms with Crippen LogP contribution in [0, 0.1) is 0 Å². The largest absolute Gasteiger partial charge is 0.456 e. The van der Waals surface area contributed by atoms with Gasteiger partial charge in [-0.3, -0.25) is 4.57 Å². The Hall–Kier alpha value is -7.21. The molecule has 5 heteroatoms. The predicted octanol–water partition coefficient (Wildman–Crippen LogP) is 11.5. The molecule has 0 amide bonds. The zero-order valence-electron chi connectivity index (χ0n) is 31.7. The zero-order valence-corrected chi connectivity index (χ0v) is 32.7. The van der Waals surface area contributed by atoms with Gasteiger partial charge < -0.3 is 8.98 Å². The fourth-order valence-corrected chi connectivity index (χ4v) is 15.0. The topological polar surface area (TPSA) is 35.9 Å². The van der Waals surface area contributed by atoms with Gasteiger partial charge in [0.2, 0.25) is 0 Å². The average molecular weight is 760 g/mol. The number of hydrogen-bond donors (Lipinski definition) is 0. The van der Waals surface area contributed by atoms with Gasteiger partial charge in [0.25, 0.3) is 0 Å². The van der Waals surface area contributed by atoms with E-state index in [1.165, 1.54) is 42.4 Å². The monoisotopic (exact) mass is 759 g/mol. The summed E-state index contributed by atoms with van der Waals surface area (Å²) in [5.74, 6) is 0. The van der Waals surface area contributed by atoms with Crippen molar-refractivity contribution >= 4 is 89.3 Å². The van der Waals surface area contributed by atoms with Crippen molar-refractivity contribution in [3.8, 4) is 11.4 Å². The van der Waals surface area contributed by atoms with Crippen LogP contribution in [0.2, 0.25) is 0 Å². The molecule has 1 unspecified atom stereocenters. The molecule has 0 saturated heterocycles. The van der Waals surface area contributed by atoms with Crippen LogP contribution in [0.5, 0.6) is 0 Å². The van der Waals surface area contributed by atoms with E-state index >= 15 is 0 Å². The molecule has 0 N–H and O–H groups in total. The molecule has 274 valence electrons. The first-order chi connectivity index (χ1) is 28.8. The highest BCUT2D eigenvalue weighted by Crippen LogP contribution is 2.38. The van der Waals surface area contributed by atoms with Gasteiger partial charge in [0.1, 0.15) is 16.8 Å². The third-order valence-corrected chi connectivity index (χ3v) is 17.4. The maximum atomic E-state index is 6.48. The molecule has 1 aliphatic rings. The van der Waals surface area contributed by atoms with Gasteiger partial charge >= 0.3 is 0 Å². The smallest absolute Gasteiger partial charge is 0.175 e. The number of furan rings is 1. The summed E-state index contributed by atoms with van der Waals surface area (Å²) in [7, 11) is -2.83. The number of fused-ring (bicyclic) bond motifs is 9. The Morgan fingerprint density at radius 2 is 1.16 bits per heavy atom. The van der Waals surface area contributed by atoms with Crippen molar-refractivity contribution in [2.24, 2.45) is 0 Å². The zero-order chi connectivity index (χ0) is 38.2. The van der Waals surface area contributed by atoms with Crippen LogP contribution in [0.3, 0.4) is 0 Å². The van der Waals surface area contributed by atoms with Crippen molar-refractivity contribution in [1.82, 2.24) is 14.1 Å². The number of pyridine rings is 1. The van der Waals surface area contributed by atoms with Crippen molar-refractivity contribution in [3.63, 3.8) is 0 Å². The fourth-order valence-electron chi connectivity index (χ4n) is 9.92. The highest BCUT2D eigenvalue weighted by Gasteiger charge is 2.43. The maximum Gasteiger partial charge on any atom is 0.175 e. The van der Waals surface area contributed by atoms with Crippen molar-refractivity contribution in [2.75, 3.05) is 0 Å². The molecule has 1 aliphatic carbocycles. The first-order valence-electron chi connectivity index (χ1n) is 20.1. The minimum atomic E-state index is -2.83. The normalized spacial score (nSPS) is 14.2. The summed E-state index contributed by atoms with van der Waals surface area (Å²) in [6.45, 7) is 0. The van der Waals surface area contributed by atoms with Crippen LogP contribution < -0.4 is 15.6 Å². The lowest BCUT2D eigenvalue weighted by atomic mass is 10.1.